The van der Waals surface area contributed by atoms with Gasteiger partial charge < -0.3 is 4.74 Å². The van der Waals surface area contributed by atoms with Crippen LogP contribution in [-0.4, -0.2) is 45.0 Å². The zero-order valence-electron chi connectivity index (χ0n) is 15.8. The number of hydrogen-bond acceptors (Lipinski definition) is 4. The van der Waals surface area contributed by atoms with E-state index in [1.165, 1.54) is 16.0 Å². The molecule has 6 nitrogen and oxygen atoms in total. The fraction of sp³-hybridized carbons (Fsp3) is 0.381. The van der Waals surface area contributed by atoms with Crippen molar-refractivity contribution in [2.45, 2.75) is 31.3 Å². The second kappa shape index (κ2) is 7.56. The average molecular weight is 401 g/mol. The van der Waals surface area contributed by atoms with Crippen molar-refractivity contribution in [2.24, 2.45) is 0 Å². The summed E-state index contributed by atoms with van der Waals surface area (Å²) in [5, 5.41) is 0. The molecule has 0 spiro atoms. The van der Waals surface area contributed by atoms with Crippen molar-refractivity contribution in [1.29, 1.82) is 0 Å². The van der Waals surface area contributed by atoms with E-state index in [9.17, 15) is 13.2 Å². The average Bonchev–Trinajstić information content (AvgIpc) is 2.99. The number of carbonyl (C=O) groups excluding carboxylic acids is 1. The quantitative estimate of drug-likeness (QED) is 0.854. The van der Waals surface area contributed by atoms with Crippen molar-refractivity contribution >= 4 is 16.1 Å². The minimum atomic E-state index is -3.40. The number of fused-ring (bicyclic) bond motifs is 3. The van der Waals surface area contributed by atoms with Crippen LogP contribution in [0.1, 0.15) is 36.3 Å². The molecule has 1 fully saturated rings. The first kappa shape index (κ1) is 19.0. The van der Waals surface area contributed by atoms with Crippen molar-refractivity contribution < 1.29 is 17.9 Å². The lowest BCUT2D eigenvalue weighted by Gasteiger charge is -2.35. The molecule has 7 heteroatoms. The largest absolute Gasteiger partial charge is 0.448 e. The van der Waals surface area contributed by atoms with Gasteiger partial charge in [0.1, 0.15) is 6.61 Å². The van der Waals surface area contributed by atoms with Gasteiger partial charge in [-0.05, 0) is 41.5 Å². The predicted octanol–water partition coefficient (Wildman–Crippen LogP) is 3.30. The van der Waals surface area contributed by atoms with Crippen LogP contribution in [0.25, 0.3) is 11.1 Å². The highest BCUT2D eigenvalue weighted by atomic mass is 32.2. The maximum atomic E-state index is 12.7. The maximum absolute atomic E-state index is 12.7. The summed E-state index contributed by atoms with van der Waals surface area (Å²) in [5.74, 6) is -0.0116. The zero-order chi connectivity index (χ0) is 19.7. The van der Waals surface area contributed by atoms with Gasteiger partial charge in [0.25, 0.3) is 0 Å². The Morgan fingerprint density at radius 3 is 2.29 bits per heavy atom. The third kappa shape index (κ3) is 3.77. The Bertz CT molecular complexity index is 944. The molecule has 0 bridgehead atoms. The predicted molar refractivity (Wildman–Crippen MR) is 107 cm³/mol. The van der Waals surface area contributed by atoms with Crippen LogP contribution in [0.3, 0.4) is 0 Å². The van der Waals surface area contributed by atoms with Crippen LogP contribution in [0, 0.1) is 0 Å². The van der Waals surface area contributed by atoms with E-state index in [0.29, 0.717) is 13.0 Å². The second-order valence-electron chi connectivity index (χ2n) is 7.40. The lowest BCUT2D eigenvalue weighted by atomic mass is 9.98. The number of rotatable bonds is 4. The number of carbonyl (C=O) groups is 1. The van der Waals surface area contributed by atoms with Crippen LogP contribution in [0.5, 0.6) is 0 Å². The summed E-state index contributed by atoms with van der Waals surface area (Å²) in [6.07, 6.45) is 2.41. The number of piperidine rings is 1. The number of likely N-dealkylation sites (tertiary alicyclic amines) is 1. The highest BCUT2D eigenvalue weighted by molar-refractivity contribution is 7.88. The smallest absolute Gasteiger partial charge is 0.411 e. The number of ether oxygens (including phenoxy) is 1. The summed E-state index contributed by atoms with van der Waals surface area (Å²) < 4.78 is 31.5. The molecule has 0 aromatic heterocycles. The molecule has 1 aliphatic carbocycles. The molecule has 0 radical (unpaired) electrons. The minimum absolute atomic E-state index is 0.0116. The summed E-state index contributed by atoms with van der Waals surface area (Å²) in [4.78, 5) is 14.2. The molecule has 1 unspecified atom stereocenters. The van der Waals surface area contributed by atoms with Gasteiger partial charge in [-0.3, -0.25) is 4.90 Å². The highest BCUT2D eigenvalue weighted by Gasteiger charge is 2.33. The summed E-state index contributed by atoms with van der Waals surface area (Å²) >= 11 is 0. The van der Waals surface area contributed by atoms with E-state index in [4.69, 9.17) is 4.74 Å². The van der Waals surface area contributed by atoms with Gasteiger partial charge in [0.15, 0.2) is 0 Å². The van der Waals surface area contributed by atoms with Crippen LogP contribution in [0.15, 0.2) is 48.5 Å². The Morgan fingerprint density at radius 2 is 1.68 bits per heavy atom. The van der Waals surface area contributed by atoms with E-state index in [0.717, 1.165) is 30.2 Å². The van der Waals surface area contributed by atoms with Gasteiger partial charge in [0.2, 0.25) is 10.0 Å². The molecule has 2 aromatic rings. The fourth-order valence-corrected chi connectivity index (χ4v) is 4.94. The number of sulfonamides is 1. The SMILES string of the molecule is CS(=O)(=O)NC1CCCCN1C(=O)OCC1c2ccccc2-c2ccccc21. The molecular formula is C21H24N2O4S. The summed E-state index contributed by atoms with van der Waals surface area (Å²) in [7, 11) is -3.40. The normalized spacial score (nSPS) is 19.2. The van der Waals surface area contributed by atoms with E-state index in [1.54, 1.807) is 0 Å². The van der Waals surface area contributed by atoms with Crippen molar-refractivity contribution in [3.05, 3.63) is 59.7 Å². The molecular weight excluding hydrogens is 376 g/mol. The van der Waals surface area contributed by atoms with E-state index in [1.807, 2.05) is 24.3 Å². The number of nitrogens with zero attached hydrogens (tertiary/aromatic N) is 1. The summed E-state index contributed by atoms with van der Waals surface area (Å²) in [6.45, 7) is 0.721. The number of amides is 1. The fourth-order valence-electron chi connectivity index (χ4n) is 4.20. The van der Waals surface area contributed by atoms with Gasteiger partial charge in [0.05, 0.1) is 12.4 Å². The topological polar surface area (TPSA) is 75.7 Å². The molecule has 1 atom stereocenters. The van der Waals surface area contributed by atoms with Gasteiger partial charge >= 0.3 is 6.09 Å². The van der Waals surface area contributed by atoms with E-state index >= 15 is 0 Å². The standard InChI is InChI=1S/C21H24N2O4S/c1-28(25,26)22-20-12-6-7-13-23(20)21(24)27-14-19-17-10-4-2-8-15(17)16-9-3-5-11-18(16)19/h2-5,8-11,19-20,22H,6-7,12-14H2,1H3. The molecule has 2 aromatic carbocycles. The Balaban J connectivity index is 1.50. The van der Waals surface area contributed by atoms with Crippen molar-refractivity contribution in [1.82, 2.24) is 9.62 Å². The van der Waals surface area contributed by atoms with Gasteiger partial charge in [0, 0.05) is 12.5 Å². The lowest BCUT2D eigenvalue weighted by molar-refractivity contribution is 0.0687. The first-order chi connectivity index (χ1) is 13.4. The summed E-state index contributed by atoms with van der Waals surface area (Å²) in [6, 6.07) is 16.3. The molecule has 1 saturated heterocycles. The number of hydrogen-bond donors (Lipinski definition) is 1. The molecule has 1 N–H and O–H groups in total. The van der Waals surface area contributed by atoms with Crippen LogP contribution < -0.4 is 4.72 Å². The first-order valence-electron chi connectivity index (χ1n) is 9.53. The summed E-state index contributed by atoms with van der Waals surface area (Å²) in [5.41, 5.74) is 4.66. The highest BCUT2D eigenvalue weighted by Crippen LogP contribution is 2.44. The van der Waals surface area contributed by atoms with E-state index in [-0.39, 0.29) is 12.5 Å². The third-order valence-corrected chi connectivity index (χ3v) is 6.12. The molecule has 148 valence electrons. The van der Waals surface area contributed by atoms with E-state index in [2.05, 4.69) is 29.0 Å². The van der Waals surface area contributed by atoms with Crippen LogP contribution in [0.4, 0.5) is 4.79 Å². The van der Waals surface area contributed by atoms with Gasteiger partial charge in [-0.2, -0.15) is 4.72 Å². The van der Waals surface area contributed by atoms with Crippen molar-refractivity contribution in [3.8, 4) is 11.1 Å². The Morgan fingerprint density at radius 1 is 1.07 bits per heavy atom. The number of benzene rings is 2. The van der Waals surface area contributed by atoms with Gasteiger partial charge in [-0.15, -0.1) is 0 Å². The molecule has 1 aliphatic heterocycles. The Labute approximate surface area is 165 Å². The maximum Gasteiger partial charge on any atom is 0.411 e. The second-order valence-corrected chi connectivity index (χ2v) is 9.18. The lowest BCUT2D eigenvalue weighted by Crippen LogP contribution is -2.53. The van der Waals surface area contributed by atoms with E-state index < -0.39 is 22.3 Å². The molecule has 2 aliphatic rings. The van der Waals surface area contributed by atoms with Gasteiger partial charge in [-0.25, -0.2) is 13.2 Å². The minimum Gasteiger partial charge on any atom is -0.448 e. The van der Waals surface area contributed by atoms with Crippen molar-refractivity contribution in [3.63, 3.8) is 0 Å². The van der Waals surface area contributed by atoms with Gasteiger partial charge in [-0.1, -0.05) is 48.5 Å². The molecule has 0 saturated carbocycles. The van der Waals surface area contributed by atoms with Crippen LogP contribution in [-0.2, 0) is 14.8 Å². The monoisotopic (exact) mass is 400 g/mol. The molecule has 28 heavy (non-hydrogen) atoms. The van der Waals surface area contributed by atoms with Crippen LogP contribution >= 0.6 is 0 Å². The number of nitrogens with one attached hydrogen (secondary N) is 1. The first-order valence-corrected chi connectivity index (χ1v) is 11.4. The van der Waals surface area contributed by atoms with Crippen LogP contribution in [0.2, 0.25) is 0 Å². The third-order valence-electron chi connectivity index (χ3n) is 5.42. The molecule has 1 heterocycles. The Kier molecular flexibility index (Phi) is 5.12. The zero-order valence-corrected chi connectivity index (χ0v) is 16.6. The molecule has 1 amide bonds. The molecule has 4 rings (SSSR count). The van der Waals surface area contributed by atoms with Crippen molar-refractivity contribution in [2.75, 3.05) is 19.4 Å². The Hall–Kier alpha value is -2.38.